The molecule has 0 unspecified atom stereocenters. The summed E-state index contributed by atoms with van der Waals surface area (Å²) in [6.45, 7) is 10.3. The van der Waals surface area contributed by atoms with Crippen LogP contribution in [0.4, 0.5) is 0 Å². The molecule has 2 heterocycles. The van der Waals surface area contributed by atoms with E-state index in [1.165, 1.54) is 16.4 Å². The predicted molar refractivity (Wildman–Crippen MR) is 126 cm³/mol. The number of nitrogens with one attached hydrogen (secondary N) is 1. The molecule has 33 heavy (non-hydrogen) atoms. The van der Waals surface area contributed by atoms with Gasteiger partial charge in [0.15, 0.2) is 0 Å². The number of piperidine rings is 1. The summed E-state index contributed by atoms with van der Waals surface area (Å²) >= 11 is 0. The Morgan fingerprint density at radius 3 is 2.18 bits per heavy atom. The SMILES string of the molecule is CC(C)CCNC(=O)C1CCN(C(=O)c2ccc(S(=O)(=O)N3C[C@@H](C)O[C@@H](C)C3)cc2)CC1. The van der Waals surface area contributed by atoms with Crippen LogP contribution in [0.1, 0.15) is 57.3 Å². The fraction of sp³-hybridized carbons (Fsp3) is 0.667. The van der Waals surface area contributed by atoms with Crippen molar-refractivity contribution in [3.8, 4) is 0 Å². The minimum absolute atomic E-state index is 0.0629. The molecule has 0 bridgehead atoms. The average molecular weight is 480 g/mol. The Labute approximate surface area is 197 Å². The molecule has 0 saturated carbocycles. The Balaban J connectivity index is 1.56. The van der Waals surface area contributed by atoms with Gasteiger partial charge in [-0.1, -0.05) is 13.8 Å². The quantitative estimate of drug-likeness (QED) is 0.648. The first-order valence-corrected chi connectivity index (χ1v) is 13.3. The van der Waals surface area contributed by atoms with Crippen molar-refractivity contribution in [2.75, 3.05) is 32.7 Å². The van der Waals surface area contributed by atoms with Crippen molar-refractivity contribution >= 4 is 21.8 Å². The van der Waals surface area contributed by atoms with Gasteiger partial charge in [0, 0.05) is 44.2 Å². The molecule has 0 aromatic heterocycles. The zero-order valence-corrected chi connectivity index (χ0v) is 20.9. The van der Waals surface area contributed by atoms with Gasteiger partial charge < -0.3 is 15.0 Å². The second-order valence-corrected chi connectivity index (χ2v) is 11.6. The van der Waals surface area contributed by atoms with Crippen LogP contribution in [-0.2, 0) is 19.6 Å². The third kappa shape index (κ3) is 6.55. The van der Waals surface area contributed by atoms with Gasteiger partial charge in [0.1, 0.15) is 0 Å². The number of sulfonamides is 1. The van der Waals surface area contributed by atoms with E-state index in [4.69, 9.17) is 4.74 Å². The van der Waals surface area contributed by atoms with Crippen molar-refractivity contribution in [1.29, 1.82) is 0 Å². The van der Waals surface area contributed by atoms with Crippen molar-refractivity contribution in [2.45, 2.75) is 64.1 Å². The van der Waals surface area contributed by atoms with Gasteiger partial charge in [0.05, 0.1) is 17.1 Å². The topological polar surface area (TPSA) is 96.0 Å². The molecule has 2 fully saturated rings. The summed E-state index contributed by atoms with van der Waals surface area (Å²) in [6, 6.07) is 6.16. The van der Waals surface area contributed by atoms with Crippen LogP contribution in [-0.4, -0.2) is 74.4 Å². The number of hydrogen-bond acceptors (Lipinski definition) is 5. The highest BCUT2D eigenvalue weighted by molar-refractivity contribution is 7.89. The summed E-state index contributed by atoms with van der Waals surface area (Å²) in [4.78, 5) is 27.2. The lowest BCUT2D eigenvalue weighted by atomic mass is 9.95. The summed E-state index contributed by atoms with van der Waals surface area (Å²) in [7, 11) is -3.64. The van der Waals surface area contributed by atoms with Gasteiger partial charge in [-0.05, 0) is 63.3 Å². The van der Waals surface area contributed by atoms with E-state index in [2.05, 4.69) is 19.2 Å². The molecular weight excluding hydrogens is 442 g/mol. The first-order valence-electron chi connectivity index (χ1n) is 11.9. The van der Waals surface area contributed by atoms with Crippen LogP contribution in [0.2, 0.25) is 0 Å². The Hall–Kier alpha value is -1.97. The highest BCUT2D eigenvalue weighted by Gasteiger charge is 2.33. The Kier molecular flexibility index (Phi) is 8.53. The smallest absolute Gasteiger partial charge is 0.253 e. The van der Waals surface area contributed by atoms with E-state index in [1.54, 1.807) is 17.0 Å². The van der Waals surface area contributed by atoms with E-state index in [0.29, 0.717) is 57.0 Å². The molecule has 0 radical (unpaired) electrons. The summed E-state index contributed by atoms with van der Waals surface area (Å²) in [5.74, 6) is 0.425. The number of likely N-dealkylation sites (tertiary alicyclic amines) is 1. The lowest BCUT2D eigenvalue weighted by Gasteiger charge is -2.34. The molecule has 2 amide bonds. The zero-order chi connectivity index (χ0) is 24.2. The van der Waals surface area contributed by atoms with Gasteiger partial charge in [-0.15, -0.1) is 0 Å². The van der Waals surface area contributed by atoms with Gasteiger partial charge in [-0.3, -0.25) is 9.59 Å². The molecule has 1 aromatic rings. The third-order valence-corrected chi connectivity index (χ3v) is 8.14. The Bertz CT molecular complexity index is 914. The molecule has 2 aliphatic rings. The van der Waals surface area contributed by atoms with Crippen molar-refractivity contribution in [3.63, 3.8) is 0 Å². The van der Waals surface area contributed by atoms with Gasteiger partial charge in [0.25, 0.3) is 5.91 Å². The van der Waals surface area contributed by atoms with Gasteiger partial charge in [-0.2, -0.15) is 4.31 Å². The second kappa shape index (κ2) is 11.0. The van der Waals surface area contributed by atoms with E-state index in [1.807, 2.05) is 13.8 Å². The van der Waals surface area contributed by atoms with Crippen molar-refractivity contribution < 1.29 is 22.7 Å². The standard InChI is InChI=1S/C24H37N3O5S/c1-17(2)9-12-25-23(28)20-10-13-26(14-11-20)24(29)21-5-7-22(8-6-21)33(30,31)27-15-18(3)32-19(4)16-27/h5-8,17-20H,9-16H2,1-4H3,(H,25,28)/t18-,19+. The summed E-state index contributed by atoms with van der Waals surface area (Å²) < 4.78 is 33.1. The molecule has 2 atom stereocenters. The number of morpholine rings is 1. The first-order chi connectivity index (χ1) is 15.6. The Morgan fingerprint density at radius 2 is 1.64 bits per heavy atom. The molecule has 184 valence electrons. The molecule has 0 aliphatic carbocycles. The largest absolute Gasteiger partial charge is 0.373 e. The average Bonchev–Trinajstić information content (AvgIpc) is 2.78. The number of carbonyl (C=O) groups is 2. The third-order valence-electron chi connectivity index (χ3n) is 6.30. The number of rotatable bonds is 7. The first kappa shape index (κ1) is 25.6. The molecule has 9 heteroatoms. The lowest BCUT2D eigenvalue weighted by molar-refractivity contribution is -0.126. The van der Waals surface area contributed by atoms with E-state index in [9.17, 15) is 18.0 Å². The summed E-state index contributed by atoms with van der Waals surface area (Å²) in [6.07, 6.45) is 1.91. The molecule has 2 saturated heterocycles. The van der Waals surface area contributed by atoms with Gasteiger partial charge in [0.2, 0.25) is 15.9 Å². The van der Waals surface area contributed by atoms with E-state index in [0.717, 1.165) is 6.42 Å². The van der Waals surface area contributed by atoms with E-state index >= 15 is 0 Å². The summed E-state index contributed by atoms with van der Waals surface area (Å²) in [5, 5.41) is 3.00. The van der Waals surface area contributed by atoms with Crippen LogP contribution in [0, 0.1) is 11.8 Å². The van der Waals surface area contributed by atoms with Crippen LogP contribution in [0.3, 0.4) is 0 Å². The maximum absolute atomic E-state index is 13.0. The number of carbonyl (C=O) groups excluding carboxylic acids is 2. The fourth-order valence-electron chi connectivity index (χ4n) is 4.40. The maximum atomic E-state index is 13.0. The normalized spacial score (nSPS) is 23.0. The number of nitrogens with zero attached hydrogens (tertiary/aromatic N) is 2. The fourth-order valence-corrected chi connectivity index (χ4v) is 5.99. The van der Waals surface area contributed by atoms with Crippen LogP contribution in [0.15, 0.2) is 29.2 Å². The van der Waals surface area contributed by atoms with Crippen LogP contribution in [0.5, 0.6) is 0 Å². The predicted octanol–water partition coefficient (Wildman–Crippen LogP) is 2.50. The van der Waals surface area contributed by atoms with Gasteiger partial charge in [-0.25, -0.2) is 8.42 Å². The number of benzene rings is 1. The highest BCUT2D eigenvalue weighted by atomic mass is 32.2. The van der Waals surface area contributed by atoms with Crippen LogP contribution < -0.4 is 5.32 Å². The maximum Gasteiger partial charge on any atom is 0.253 e. The Morgan fingerprint density at radius 1 is 1.06 bits per heavy atom. The van der Waals surface area contributed by atoms with E-state index in [-0.39, 0.29) is 34.8 Å². The summed E-state index contributed by atoms with van der Waals surface area (Å²) in [5.41, 5.74) is 0.456. The minimum atomic E-state index is -3.64. The van der Waals surface area contributed by atoms with E-state index < -0.39 is 10.0 Å². The number of hydrogen-bond donors (Lipinski definition) is 1. The monoisotopic (exact) mass is 479 g/mol. The highest BCUT2D eigenvalue weighted by Crippen LogP contribution is 2.23. The molecule has 8 nitrogen and oxygen atoms in total. The zero-order valence-electron chi connectivity index (χ0n) is 20.1. The second-order valence-electron chi connectivity index (χ2n) is 9.64. The number of ether oxygens (including phenoxy) is 1. The molecule has 0 spiro atoms. The van der Waals surface area contributed by atoms with Gasteiger partial charge >= 0.3 is 0 Å². The lowest BCUT2D eigenvalue weighted by Crippen LogP contribution is -2.48. The van der Waals surface area contributed by atoms with Crippen molar-refractivity contribution in [3.05, 3.63) is 29.8 Å². The number of amides is 2. The van der Waals surface area contributed by atoms with Crippen molar-refractivity contribution in [1.82, 2.24) is 14.5 Å². The molecule has 3 rings (SSSR count). The van der Waals surface area contributed by atoms with Crippen LogP contribution >= 0.6 is 0 Å². The van der Waals surface area contributed by atoms with Crippen molar-refractivity contribution in [2.24, 2.45) is 11.8 Å². The van der Waals surface area contributed by atoms with Crippen LogP contribution in [0.25, 0.3) is 0 Å². The molecule has 1 aromatic carbocycles. The molecule has 1 N–H and O–H groups in total. The molecule has 2 aliphatic heterocycles. The minimum Gasteiger partial charge on any atom is -0.373 e. The molecular formula is C24H37N3O5S.